The average Bonchev–Trinajstić information content (AvgIpc) is 3.64. The van der Waals surface area contributed by atoms with Crippen LogP contribution >= 0.6 is 11.6 Å². The highest BCUT2D eigenvalue weighted by Gasteiger charge is 2.46. The minimum Gasteiger partial charge on any atom is -0.475 e. The van der Waals surface area contributed by atoms with Crippen LogP contribution in [-0.2, 0) is 9.53 Å². The van der Waals surface area contributed by atoms with Crippen molar-refractivity contribution in [1.29, 1.82) is 5.26 Å². The van der Waals surface area contributed by atoms with Crippen LogP contribution in [0.5, 0.6) is 0 Å². The average molecular weight is 627 g/mol. The Bertz CT molecular complexity index is 1730. The summed E-state index contributed by atoms with van der Waals surface area (Å²) in [4.78, 5) is 29.1. The molecule has 5 heterocycles. The van der Waals surface area contributed by atoms with Gasteiger partial charge in [-0.3, -0.25) is 14.7 Å². The third kappa shape index (κ3) is 5.04. The highest BCUT2D eigenvalue weighted by Crippen LogP contribution is 2.41. The Labute approximate surface area is 267 Å². The summed E-state index contributed by atoms with van der Waals surface area (Å²) in [5, 5.41) is 12.1. The van der Waals surface area contributed by atoms with Crippen molar-refractivity contribution < 1.29 is 13.9 Å². The zero-order valence-corrected chi connectivity index (χ0v) is 26.1. The maximum absolute atomic E-state index is 14.6. The maximum atomic E-state index is 14.6. The first-order chi connectivity index (χ1) is 21.8. The van der Waals surface area contributed by atoms with Crippen molar-refractivity contribution in [3.63, 3.8) is 0 Å². The Hall–Kier alpha value is -4.00. The van der Waals surface area contributed by atoms with Gasteiger partial charge < -0.3 is 14.5 Å². The molecule has 10 heteroatoms. The Morgan fingerprint density at radius 2 is 2.00 bits per heavy atom. The van der Waals surface area contributed by atoms with Crippen molar-refractivity contribution in [2.24, 2.45) is 15.9 Å². The van der Waals surface area contributed by atoms with Gasteiger partial charge in [-0.05, 0) is 69.3 Å². The van der Waals surface area contributed by atoms with E-state index in [-0.39, 0.29) is 28.4 Å². The van der Waals surface area contributed by atoms with Crippen LogP contribution in [0, 0.1) is 23.1 Å². The number of amides is 1. The molecule has 2 unspecified atom stereocenters. The minimum absolute atomic E-state index is 0.0191. The number of ether oxygens (including phenoxy) is 1. The van der Waals surface area contributed by atoms with E-state index in [0.29, 0.717) is 48.8 Å². The lowest BCUT2D eigenvalue weighted by atomic mass is 9.88. The number of aliphatic imine (C=N–C) groups is 2. The van der Waals surface area contributed by atoms with E-state index >= 15 is 0 Å². The first kappa shape index (κ1) is 29.7. The predicted octanol–water partition coefficient (Wildman–Crippen LogP) is 5.49. The highest BCUT2D eigenvalue weighted by molar-refractivity contribution is 6.37. The van der Waals surface area contributed by atoms with E-state index in [2.05, 4.69) is 29.4 Å². The molecule has 3 saturated heterocycles. The van der Waals surface area contributed by atoms with Crippen molar-refractivity contribution in [3.8, 4) is 6.07 Å². The van der Waals surface area contributed by atoms with Crippen LogP contribution in [0.1, 0.15) is 38.2 Å². The smallest absolute Gasteiger partial charge is 0.246 e. The maximum Gasteiger partial charge on any atom is 0.246 e. The summed E-state index contributed by atoms with van der Waals surface area (Å²) in [6.45, 7) is 9.91. The van der Waals surface area contributed by atoms with Gasteiger partial charge >= 0.3 is 0 Å². The van der Waals surface area contributed by atoms with E-state index in [1.165, 1.54) is 12.1 Å². The summed E-state index contributed by atoms with van der Waals surface area (Å²) in [5.41, 5.74) is 2.58. The molecule has 2 aromatic carbocycles. The summed E-state index contributed by atoms with van der Waals surface area (Å²) in [5.74, 6) is -0.578. The molecular formula is C35H36ClFN6O2. The first-order valence-electron chi connectivity index (χ1n) is 15.7. The lowest BCUT2D eigenvalue weighted by Crippen LogP contribution is -2.55. The number of benzene rings is 2. The molecule has 0 aliphatic carbocycles. The molecule has 2 aromatic rings. The van der Waals surface area contributed by atoms with Crippen LogP contribution in [0.4, 0.5) is 4.39 Å². The van der Waals surface area contributed by atoms with Crippen molar-refractivity contribution in [2.75, 3.05) is 39.3 Å². The summed E-state index contributed by atoms with van der Waals surface area (Å²) in [7, 11) is 0. The van der Waals surface area contributed by atoms with E-state index < -0.39 is 12.0 Å². The van der Waals surface area contributed by atoms with Crippen LogP contribution in [-0.4, -0.2) is 89.3 Å². The second-order valence-corrected chi connectivity index (χ2v) is 13.0. The molecule has 0 radical (unpaired) electrons. The normalized spacial score (nSPS) is 25.9. The lowest BCUT2D eigenvalue weighted by molar-refractivity contribution is -0.128. The predicted molar refractivity (Wildman–Crippen MR) is 174 cm³/mol. The SMILES string of the molecule is C=CC(=O)N1CCN(C2=C(C#N)C(OCC34CCCN3CCC4)=NC3N=C(c4cccc5ccc(F)c(Cl)c45)C=CC23)[C@@H](C)C1. The number of nitrogens with zero attached hydrogens (tertiary/aromatic N) is 6. The fraction of sp³-hybridized carbons (Fsp3) is 0.429. The molecule has 5 aliphatic rings. The topological polar surface area (TPSA) is 84.5 Å². The number of piperazine rings is 1. The zero-order valence-electron chi connectivity index (χ0n) is 25.4. The van der Waals surface area contributed by atoms with Gasteiger partial charge in [0.15, 0.2) is 6.17 Å². The van der Waals surface area contributed by atoms with Gasteiger partial charge in [-0.1, -0.05) is 48.5 Å². The lowest BCUT2D eigenvalue weighted by Gasteiger charge is -2.45. The molecule has 3 fully saturated rings. The number of carbonyl (C=O) groups is 1. The Morgan fingerprint density at radius 3 is 2.73 bits per heavy atom. The molecule has 5 aliphatic heterocycles. The second kappa shape index (κ2) is 11.7. The summed E-state index contributed by atoms with van der Waals surface area (Å²) in [6.07, 6.45) is 9.15. The molecule has 0 aromatic heterocycles. The molecule has 0 bridgehead atoms. The monoisotopic (exact) mass is 626 g/mol. The van der Waals surface area contributed by atoms with Crippen LogP contribution in [0.3, 0.4) is 0 Å². The number of carbonyl (C=O) groups excluding carboxylic acids is 1. The fourth-order valence-electron chi connectivity index (χ4n) is 7.90. The first-order valence-corrected chi connectivity index (χ1v) is 16.1. The van der Waals surface area contributed by atoms with Crippen LogP contribution in [0.15, 0.2) is 76.4 Å². The number of allylic oxidation sites excluding steroid dienone is 1. The number of rotatable bonds is 5. The Balaban J connectivity index is 1.28. The van der Waals surface area contributed by atoms with E-state index in [1.807, 2.05) is 30.4 Å². The standard InChI is InChI=1S/C35H36ClFN6O2/c1-3-29(44)41-17-18-43(22(2)20-41)32-25-10-12-28(24-8-4-7-23-9-11-27(37)31(36)30(23)24)39-33(25)40-34(26(32)19-38)45-21-35-13-5-15-42(35)16-6-14-35/h3-4,7-12,22,25,33H,1,5-6,13-18,20-21H2,2H3/t22-,25?,33?/m0/s1. The van der Waals surface area contributed by atoms with Gasteiger partial charge in [-0.15, -0.1) is 0 Å². The molecule has 7 rings (SSSR count). The van der Waals surface area contributed by atoms with Gasteiger partial charge in [0.25, 0.3) is 0 Å². The highest BCUT2D eigenvalue weighted by atomic mass is 35.5. The molecule has 0 N–H and O–H groups in total. The number of hydrogen-bond donors (Lipinski definition) is 0. The molecule has 1 amide bonds. The third-order valence-electron chi connectivity index (χ3n) is 10.1. The molecule has 8 nitrogen and oxygen atoms in total. The Morgan fingerprint density at radius 1 is 1.20 bits per heavy atom. The van der Waals surface area contributed by atoms with Crippen molar-refractivity contribution in [1.82, 2.24) is 14.7 Å². The van der Waals surface area contributed by atoms with E-state index in [1.54, 1.807) is 11.0 Å². The fourth-order valence-corrected chi connectivity index (χ4v) is 8.18. The molecule has 0 spiro atoms. The van der Waals surface area contributed by atoms with Crippen LogP contribution in [0.2, 0.25) is 5.02 Å². The Kier molecular flexibility index (Phi) is 7.74. The van der Waals surface area contributed by atoms with Crippen LogP contribution in [0.25, 0.3) is 10.8 Å². The number of fused-ring (bicyclic) bond motifs is 3. The van der Waals surface area contributed by atoms with Crippen molar-refractivity contribution in [3.05, 3.63) is 82.8 Å². The van der Waals surface area contributed by atoms with E-state index in [4.69, 9.17) is 26.3 Å². The number of halogens is 2. The number of hydrogen-bond acceptors (Lipinski definition) is 7. The van der Waals surface area contributed by atoms with E-state index in [9.17, 15) is 14.4 Å². The quantitative estimate of drug-likeness (QED) is 0.410. The molecule has 232 valence electrons. The summed E-state index contributed by atoms with van der Waals surface area (Å²) >= 11 is 6.49. The van der Waals surface area contributed by atoms with Gasteiger partial charge in [0, 0.05) is 42.3 Å². The largest absolute Gasteiger partial charge is 0.475 e. The van der Waals surface area contributed by atoms with Gasteiger partial charge in [-0.2, -0.15) is 5.26 Å². The van der Waals surface area contributed by atoms with E-state index in [0.717, 1.165) is 55.4 Å². The molecular weight excluding hydrogens is 591 g/mol. The zero-order chi connectivity index (χ0) is 31.3. The molecule has 0 saturated carbocycles. The molecule has 3 atom stereocenters. The van der Waals surface area contributed by atoms with Gasteiger partial charge in [0.2, 0.25) is 11.8 Å². The van der Waals surface area contributed by atoms with Gasteiger partial charge in [-0.25, -0.2) is 9.38 Å². The molecule has 45 heavy (non-hydrogen) atoms. The number of dihydropyridines is 2. The van der Waals surface area contributed by atoms with Crippen molar-refractivity contribution >= 4 is 39.9 Å². The number of nitriles is 1. The van der Waals surface area contributed by atoms with Crippen LogP contribution < -0.4 is 0 Å². The summed E-state index contributed by atoms with van der Waals surface area (Å²) in [6, 6.07) is 11.2. The van der Waals surface area contributed by atoms with Crippen molar-refractivity contribution in [2.45, 2.75) is 50.4 Å². The third-order valence-corrected chi connectivity index (χ3v) is 10.5. The summed E-state index contributed by atoms with van der Waals surface area (Å²) < 4.78 is 21.2. The minimum atomic E-state index is -0.588. The second-order valence-electron chi connectivity index (χ2n) is 12.6. The van der Waals surface area contributed by atoms with Gasteiger partial charge in [0.05, 0.1) is 22.2 Å². The van der Waals surface area contributed by atoms with Gasteiger partial charge in [0.1, 0.15) is 24.1 Å².